The molecule has 0 heterocycles. The summed E-state index contributed by atoms with van der Waals surface area (Å²) < 4.78 is 0. The van der Waals surface area contributed by atoms with Crippen LogP contribution in [-0.2, 0) is 28.8 Å². The first-order valence-corrected chi connectivity index (χ1v) is 10.8. The summed E-state index contributed by atoms with van der Waals surface area (Å²) in [6.45, 7) is 4.63. The van der Waals surface area contributed by atoms with Crippen LogP contribution in [0.4, 0.5) is 0 Å². The minimum Gasteiger partial charge on any atom is -0.480 e. The number of hydrogen-bond donors (Lipinski definition) is 8. The molecule has 0 spiro atoms. The van der Waals surface area contributed by atoms with Gasteiger partial charge in [-0.25, -0.2) is 4.79 Å². The third kappa shape index (κ3) is 11.0. The van der Waals surface area contributed by atoms with Crippen LogP contribution in [0.1, 0.15) is 52.9 Å². The van der Waals surface area contributed by atoms with Gasteiger partial charge in [-0.15, -0.1) is 0 Å². The number of carbonyl (C=O) groups is 6. The van der Waals surface area contributed by atoms with Crippen LogP contribution in [0.15, 0.2) is 0 Å². The molecule has 6 atom stereocenters. The Morgan fingerprint density at radius 3 is 1.56 bits per heavy atom. The second kappa shape index (κ2) is 14.8. The standard InChI is InChI=1S/C20H36N6O8/c1-4-9(2)16(20(33)34)26-18(31)12(6-8-14(22)29)24-17(30)11(5-7-13(21)28)25-19(32)15(23)10(3)27/h9-12,15-16,27H,4-8,23H2,1-3H3,(H2,21,28)(H2,22,29)(H,24,30)(H,25,32)(H,26,31)(H,33,34). The molecular formula is C20H36N6O8. The number of hydrogen-bond acceptors (Lipinski definition) is 8. The van der Waals surface area contributed by atoms with Crippen molar-refractivity contribution in [2.45, 2.75) is 83.1 Å². The van der Waals surface area contributed by atoms with Crippen molar-refractivity contribution in [2.75, 3.05) is 0 Å². The van der Waals surface area contributed by atoms with E-state index in [2.05, 4.69) is 16.0 Å². The molecule has 6 unspecified atom stereocenters. The van der Waals surface area contributed by atoms with E-state index in [1.807, 2.05) is 0 Å². The number of nitrogens with one attached hydrogen (secondary N) is 3. The SMILES string of the molecule is CCC(C)C(NC(=O)C(CCC(N)=O)NC(=O)C(CCC(N)=O)NC(=O)C(N)C(C)O)C(=O)O. The van der Waals surface area contributed by atoms with Gasteiger partial charge < -0.3 is 43.4 Å². The van der Waals surface area contributed by atoms with E-state index in [-0.39, 0.29) is 25.7 Å². The lowest BCUT2D eigenvalue weighted by molar-refractivity contribution is -0.144. The summed E-state index contributed by atoms with van der Waals surface area (Å²) in [5.74, 6) is -5.89. The van der Waals surface area contributed by atoms with Gasteiger partial charge in [0.15, 0.2) is 0 Å². The van der Waals surface area contributed by atoms with Crippen molar-refractivity contribution in [2.24, 2.45) is 23.1 Å². The normalized spacial score (nSPS) is 16.1. The maximum Gasteiger partial charge on any atom is 0.326 e. The van der Waals surface area contributed by atoms with Crippen LogP contribution < -0.4 is 33.2 Å². The van der Waals surface area contributed by atoms with Crippen LogP contribution in [0.2, 0.25) is 0 Å². The molecule has 0 bridgehead atoms. The molecule has 0 saturated heterocycles. The van der Waals surface area contributed by atoms with E-state index in [0.29, 0.717) is 6.42 Å². The Labute approximate surface area is 197 Å². The van der Waals surface area contributed by atoms with Crippen LogP contribution in [-0.4, -0.2) is 76.0 Å². The van der Waals surface area contributed by atoms with E-state index in [9.17, 15) is 39.0 Å². The maximum atomic E-state index is 12.9. The summed E-state index contributed by atoms with van der Waals surface area (Å²) >= 11 is 0. The average Bonchev–Trinajstić information content (AvgIpc) is 2.75. The van der Waals surface area contributed by atoms with Crippen molar-refractivity contribution in [3.63, 3.8) is 0 Å². The second-order valence-corrected chi connectivity index (χ2v) is 8.11. The van der Waals surface area contributed by atoms with Gasteiger partial charge in [0.25, 0.3) is 0 Å². The van der Waals surface area contributed by atoms with E-state index in [0.717, 1.165) is 0 Å². The molecule has 5 amide bonds. The maximum absolute atomic E-state index is 12.9. The van der Waals surface area contributed by atoms with Crippen molar-refractivity contribution in [3.8, 4) is 0 Å². The van der Waals surface area contributed by atoms with Gasteiger partial charge in [0.1, 0.15) is 24.2 Å². The Hall–Kier alpha value is -3.26. The fourth-order valence-electron chi connectivity index (χ4n) is 2.81. The minimum absolute atomic E-state index is 0.242. The summed E-state index contributed by atoms with van der Waals surface area (Å²) in [6, 6.07) is -5.35. The quantitative estimate of drug-likeness (QED) is 0.109. The van der Waals surface area contributed by atoms with E-state index in [1.54, 1.807) is 13.8 Å². The fraction of sp³-hybridized carbons (Fsp3) is 0.700. The van der Waals surface area contributed by atoms with Gasteiger partial charge in [0, 0.05) is 12.8 Å². The van der Waals surface area contributed by atoms with Crippen LogP contribution in [0, 0.1) is 5.92 Å². The third-order valence-corrected chi connectivity index (χ3v) is 5.22. The van der Waals surface area contributed by atoms with Gasteiger partial charge in [-0.2, -0.15) is 0 Å². The number of amides is 5. The molecule has 11 N–H and O–H groups in total. The molecular weight excluding hydrogens is 452 g/mol. The Kier molecular flexibility index (Phi) is 13.4. The van der Waals surface area contributed by atoms with E-state index in [4.69, 9.17) is 17.2 Å². The number of carboxylic acids is 1. The largest absolute Gasteiger partial charge is 0.480 e. The Morgan fingerprint density at radius 1 is 0.794 bits per heavy atom. The molecule has 194 valence electrons. The van der Waals surface area contributed by atoms with Crippen molar-refractivity contribution < 1.29 is 39.0 Å². The smallest absolute Gasteiger partial charge is 0.326 e. The number of rotatable bonds is 16. The van der Waals surface area contributed by atoms with Gasteiger partial charge in [-0.05, 0) is 25.7 Å². The molecule has 0 rings (SSSR count). The van der Waals surface area contributed by atoms with Crippen LogP contribution in [0.5, 0.6) is 0 Å². The number of primary amides is 2. The monoisotopic (exact) mass is 488 g/mol. The van der Waals surface area contributed by atoms with Crippen LogP contribution in [0.3, 0.4) is 0 Å². The first-order chi connectivity index (χ1) is 15.7. The van der Waals surface area contributed by atoms with Crippen molar-refractivity contribution >= 4 is 35.5 Å². The number of aliphatic hydroxyl groups is 1. The Bertz CT molecular complexity index is 759. The third-order valence-electron chi connectivity index (χ3n) is 5.22. The highest BCUT2D eigenvalue weighted by atomic mass is 16.4. The molecule has 0 aromatic rings. The number of carbonyl (C=O) groups excluding carboxylic acids is 5. The Morgan fingerprint density at radius 2 is 1.21 bits per heavy atom. The summed E-state index contributed by atoms with van der Waals surface area (Å²) in [5.41, 5.74) is 15.8. The summed E-state index contributed by atoms with van der Waals surface area (Å²) in [4.78, 5) is 71.8. The summed E-state index contributed by atoms with van der Waals surface area (Å²) in [7, 11) is 0. The van der Waals surface area contributed by atoms with E-state index >= 15 is 0 Å². The molecule has 0 aliphatic rings. The second-order valence-electron chi connectivity index (χ2n) is 8.11. The molecule has 0 aromatic heterocycles. The molecule has 0 fully saturated rings. The van der Waals surface area contributed by atoms with Gasteiger partial charge in [0.05, 0.1) is 6.10 Å². The minimum atomic E-state index is -1.37. The first-order valence-electron chi connectivity index (χ1n) is 10.8. The fourth-order valence-corrected chi connectivity index (χ4v) is 2.81. The lowest BCUT2D eigenvalue weighted by Gasteiger charge is -2.26. The molecule has 34 heavy (non-hydrogen) atoms. The number of carboxylic acid groups (broad SMARTS) is 1. The lowest BCUT2D eigenvalue weighted by atomic mass is 9.98. The zero-order chi connectivity index (χ0) is 26.6. The number of aliphatic carboxylic acids is 1. The van der Waals surface area contributed by atoms with Gasteiger partial charge in [-0.1, -0.05) is 20.3 Å². The molecule has 14 nitrogen and oxygen atoms in total. The van der Waals surface area contributed by atoms with Crippen LogP contribution in [0.25, 0.3) is 0 Å². The highest BCUT2D eigenvalue weighted by Gasteiger charge is 2.32. The zero-order valence-corrected chi connectivity index (χ0v) is 19.6. The van der Waals surface area contributed by atoms with Gasteiger partial charge in [0.2, 0.25) is 29.5 Å². The molecule has 0 radical (unpaired) electrons. The summed E-state index contributed by atoms with van der Waals surface area (Å²) in [5, 5.41) is 25.9. The molecule has 0 saturated carbocycles. The van der Waals surface area contributed by atoms with Crippen molar-refractivity contribution in [1.82, 2.24) is 16.0 Å². The van der Waals surface area contributed by atoms with Crippen LogP contribution >= 0.6 is 0 Å². The number of aliphatic hydroxyl groups excluding tert-OH is 1. The molecule has 14 heteroatoms. The highest BCUT2D eigenvalue weighted by molar-refractivity contribution is 5.94. The molecule has 0 aliphatic carbocycles. The average molecular weight is 489 g/mol. The van der Waals surface area contributed by atoms with Gasteiger partial charge >= 0.3 is 5.97 Å². The topological polar surface area (TPSA) is 257 Å². The molecule has 0 aliphatic heterocycles. The van der Waals surface area contributed by atoms with E-state index < -0.39 is 71.7 Å². The lowest BCUT2D eigenvalue weighted by Crippen LogP contribution is -2.58. The Balaban J connectivity index is 5.69. The van der Waals surface area contributed by atoms with E-state index in [1.165, 1.54) is 6.92 Å². The highest BCUT2D eigenvalue weighted by Crippen LogP contribution is 2.10. The zero-order valence-electron chi connectivity index (χ0n) is 19.6. The summed E-state index contributed by atoms with van der Waals surface area (Å²) in [6.07, 6.45) is -1.87. The predicted octanol–water partition coefficient (Wildman–Crippen LogP) is -3.19. The number of nitrogens with two attached hydrogens (primary N) is 3. The predicted molar refractivity (Wildman–Crippen MR) is 119 cm³/mol. The first kappa shape index (κ1) is 30.7. The van der Waals surface area contributed by atoms with Gasteiger partial charge in [-0.3, -0.25) is 24.0 Å². The van der Waals surface area contributed by atoms with Crippen molar-refractivity contribution in [1.29, 1.82) is 0 Å². The molecule has 0 aromatic carbocycles. The van der Waals surface area contributed by atoms with Crippen molar-refractivity contribution in [3.05, 3.63) is 0 Å².